The van der Waals surface area contributed by atoms with Gasteiger partial charge in [0, 0.05) is 12.1 Å². The third kappa shape index (κ3) is 3.31. The monoisotopic (exact) mass is 365 g/mol. The molecule has 0 N–H and O–H groups in total. The molecule has 1 aliphatic rings. The van der Waals surface area contributed by atoms with Crippen LogP contribution in [0.15, 0.2) is 23.4 Å². The number of carbonyl (C=O) groups is 2. The lowest BCUT2D eigenvalue weighted by Gasteiger charge is -2.30. The maximum Gasteiger partial charge on any atom is 0.355 e. The van der Waals surface area contributed by atoms with Crippen LogP contribution >= 0.6 is 0 Å². The Kier molecular flexibility index (Phi) is 5.48. The van der Waals surface area contributed by atoms with Gasteiger partial charge in [-0.2, -0.15) is 5.26 Å². The summed E-state index contributed by atoms with van der Waals surface area (Å²) in [5.74, 6) is -2.94. The minimum absolute atomic E-state index is 0.246. The summed E-state index contributed by atoms with van der Waals surface area (Å²) in [5.41, 5.74) is -2.20. The van der Waals surface area contributed by atoms with Crippen LogP contribution in [0.3, 0.4) is 0 Å². The van der Waals surface area contributed by atoms with E-state index in [4.69, 9.17) is 10.00 Å². The van der Waals surface area contributed by atoms with Crippen LogP contribution in [0, 0.1) is 27.3 Å². The molecule has 1 aromatic carbocycles. The summed E-state index contributed by atoms with van der Waals surface area (Å²) in [6, 6.07) is 2.93. The van der Waals surface area contributed by atoms with Crippen LogP contribution in [-0.2, 0) is 23.8 Å². The predicted molar refractivity (Wildman–Crippen MR) is 82.1 cm³/mol. The molecule has 10 nitrogen and oxygen atoms in total. The van der Waals surface area contributed by atoms with Crippen LogP contribution in [0.1, 0.15) is 5.56 Å². The molecule has 1 aliphatic heterocycles. The molecule has 0 atom stereocenters. The molecule has 11 heteroatoms. The van der Waals surface area contributed by atoms with Crippen molar-refractivity contribution in [3.8, 4) is 6.07 Å². The number of nitriles is 1. The van der Waals surface area contributed by atoms with Gasteiger partial charge in [-0.15, -0.1) is 0 Å². The summed E-state index contributed by atoms with van der Waals surface area (Å²) in [7, 11) is 2.12. The summed E-state index contributed by atoms with van der Waals surface area (Å²) < 4.78 is 28.4. The molecule has 0 aliphatic carbocycles. The van der Waals surface area contributed by atoms with E-state index in [0.717, 1.165) is 25.2 Å². The summed E-state index contributed by atoms with van der Waals surface area (Å²) >= 11 is 0. The maximum absolute atomic E-state index is 14.0. The zero-order chi connectivity index (χ0) is 19.4. The van der Waals surface area contributed by atoms with Crippen molar-refractivity contribution < 1.29 is 33.1 Å². The number of halogens is 1. The number of esters is 2. The molecule has 0 spiro atoms. The summed E-state index contributed by atoms with van der Waals surface area (Å²) in [6.45, 7) is -0.697. The highest BCUT2D eigenvalue weighted by Crippen LogP contribution is 2.35. The number of rotatable bonds is 4. The molecule has 0 unspecified atom stereocenters. The molecule has 26 heavy (non-hydrogen) atoms. The first kappa shape index (κ1) is 18.8. The first-order chi connectivity index (χ1) is 12.3. The third-order valence-electron chi connectivity index (χ3n) is 3.51. The van der Waals surface area contributed by atoms with Crippen molar-refractivity contribution in [3.05, 3.63) is 44.9 Å². The van der Waals surface area contributed by atoms with Crippen molar-refractivity contribution in [2.24, 2.45) is 0 Å². The van der Waals surface area contributed by atoms with Crippen molar-refractivity contribution >= 4 is 23.3 Å². The molecule has 0 radical (unpaired) electrons. The molecule has 0 fully saturated rings. The largest absolute Gasteiger partial charge is 0.466 e. The van der Waals surface area contributed by atoms with E-state index in [1.807, 2.05) is 0 Å². The highest BCUT2D eigenvalue weighted by molar-refractivity contribution is 6.03. The van der Waals surface area contributed by atoms with Crippen molar-refractivity contribution in [1.29, 1.82) is 5.26 Å². The molecular formula is C15H12FN3O7. The highest BCUT2D eigenvalue weighted by Gasteiger charge is 2.36. The first-order valence-corrected chi connectivity index (χ1v) is 6.98. The zero-order valence-electron chi connectivity index (χ0n) is 13.6. The van der Waals surface area contributed by atoms with Crippen LogP contribution in [0.2, 0.25) is 0 Å². The van der Waals surface area contributed by atoms with Crippen LogP contribution in [0.25, 0.3) is 0 Å². The number of ether oxygens (including phenoxy) is 3. The Morgan fingerprint density at radius 1 is 1.35 bits per heavy atom. The van der Waals surface area contributed by atoms with Crippen LogP contribution in [0.4, 0.5) is 15.8 Å². The molecule has 1 heterocycles. The van der Waals surface area contributed by atoms with Gasteiger partial charge in [0.05, 0.1) is 36.9 Å². The molecule has 2 rings (SSSR count). The van der Waals surface area contributed by atoms with Gasteiger partial charge in [0.2, 0.25) is 0 Å². The second-order valence-corrected chi connectivity index (χ2v) is 4.91. The van der Waals surface area contributed by atoms with Crippen molar-refractivity contribution in [1.82, 2.24) is 0 Å². The van der Waals surface area contributed by atoms with Crippen molar-refractivity contribution in [3.63, 3.8) is 0 Å². The van der Waals surface area contributed by atoms with Gasteiger partial charge in [0.1, 0.15) is 30.0 Å². The number of nitrogens with zero attached hydrogens (tertiary/aromatic N) is 3. The number of methoxy groups -OCH3 is 2. The number of nitro groups is 1. The van der Waals surface area contributed by atoms with Crippen LogP contribution < -0.4 is 4.90 Å². The molecule has 0 bridgehead atoms. The van der Waals surface area contributed by atoms with Crippen LogP contribution in [0.5, 0.6) is 0 Å². The highest BCUT2D eigenvalue weighted by atomic mass is 19.1. The topological polar surface area (TPSA) is 132 Å². The Morgan fingerprint density at radius 2 is 2.00 bits per heavy atom. The van der Waals surface area contributed by atoms with Gasteiger partial charge in [-0.1, -0.05) is 0 Å². The van der Waals surface area contributed by atoms with Crippen molar-refractivity contribution in [2.75, 3.05) is 32.5 Å². The quantitative estimate of drug-likeness (QED) is 0.435. The third-order valence-corrected chi connectivity index (χ3v) is 3.51. The van der Waals surface area contributed by atoms with Gasteiger partial charge in [-0.05, 0) is 0 Å². The summed E-state index contributed by atoms with van der Waals surface area (Å²) in [6.07, 6.45) is 0. The van der Waals surface area contributed by atoms with E-state index in [1.54, 1.807) is 0 Å². The van der Waals surface area contributed by atoms with E-state index < -0.39 is 40.7 Å². The lowest BCUT2D eigenvalue weighted by molar-refractivity contribution is -0.384. The Labute approximate surface area is 146 Å². The number of hydrogen-bond acceptors (Lipinski definition) is 9. The smallest absolute Gasteiger partial charge is 0.355 e. The van der Waals surface area contributed by atoms with Gasteiger partial charge in [-0.3, -0.25) is 10.1 Å². The van der Waals surface area contributed by atoms with E-state index in [-0.39, 0.29) is 23.6 Å². The molecule has 0 amide bonds. The fraction of sp³-hybridized carbons (Fsp3) is 0.267. The average Bonchev–Trinajstić information content (AvgIpc) is 2.65. The Balaban J connectivity index is 2.75. The summed E-state index contributed by atoms with van der Waals surface area (Å²) in [5, 5.41) is 20.2. The number of nitro benzene ring substituents is 1. The Bertz CT molecular complexity index is 860. The SMILES string of the molecule is COC(=O)C1=C(C(=O)OC)N(c2cc(F)c(C#N)cc2[N+](=O)[O-])COC1. The average molecular weight is 365 g/mol. The fourth-order valence-electron chi connectivity index (χ4n) is 2.33. The van der Waals surface area contributed by atoms with Gasteiger partial charge < -0.3 is 19.1 Å². The van der Waals surface area contributed by atoms with E-state index in [9.17, 15) is 24.1 Å². The predicted octanol–water partition coefficient (Wildman–Crippen LogP) is 1.000. The van der Waals surface area contributed by atoms with Crippen LogP contribution in [-0.4, -0.2) is 44.4 Å². The number of hydrogen-bond donors (Lipinski definition) is 0. The van der Waals surface area contributed by atoms with Gasteiger partial charge in [-0.25, -0.2) is 14.0 Å². The maximum atomic E-state index is 14.0. The van der Waals surface area contributed by atoms with Gasteiger partial charge >= 0.3 is 11.9 Å². The molecule has 0 saturated carbocycles. The Morgan fingerprint density at radius 3 is 2.54 bits per heavy atom. The summed E-state index contributed by atoms with van der Waals surface area (Å²) in [4.78, 5) is 35.5. The normalized spacial score (nSPS) is 13.8. The van der Waals surface area contributed by atoms with Crippen molar-refractivity contribution in [2.45, 2.75) is 0 Å². The van der Waals surface area contributed by atoms with Gasteiger partial charge in [0.15, 0.2) is 0 Å². The lowest BCUT2D eigenvalue weighted by Crippen LogP contribution is -2.39. The molecule has 0 saturated heterocycles. The number of carbonyl (C=O) groups excluding carboxylic acids is 2. The minimum Gasteiger partial charge on any atom is -0.466 e. The van der Waals surface area contributed by atoms with E-state index in [0.29, 0.717) is 6.07 Å². The molecule has 0 aromatic heterocycles. The molecule has 1 aromatic rings. The van der Waals surface area contributed by atoms with Gasteiger partial charge in [0.25, 0.3) is 5.69 Å². The molecule has 136 valence electrons. The van der Waals surface area contributed by atoms with E-state index >= 15 is 0 Å². The minimum atomic E-state index is -1.04. The van der Waals surface area contributed by atoms with E-state index in [1.165, 1.54) is 6.07 Å². The first-order valence-electron chi connectivity index (χ1n) is 6.98. The standard InChI is InChI=1S/C15H12FN3O7/c1-24-14(20)9-6-26-7-18(13(9)15(21)25-2)11-4-10(16)8(5-17)3-12(11)19(22)23/h3-4H,6-7H2,1-2H3. The fourth-order valence-corrected chi connectivity index (χ4v) is 2.33. The van der Waals surface area contributed by atoms with E-state index in [2.05, 4.69) is 9.47 Å². The zero-order valence-corrected chi connectivity index (χ0v) is 13.6. The number of anilines is 1. The second-order valence-electron chi connectivity index (χ2n) is 4.91. The number of benzene rings is 1. The lowest BCUT2D eigenvalue weighted by atomic mass is 10.1. The second kappa shape index (κ2) is 7.58. The Hall–Kier alpha value is -3.52. The molecular weight excluding hydrogens is 353 g/mol.